The highest BCUT2D eigenvalue weighted by Gasteiger charge is 2.26. The average Bonchev–Trinajstić information content (AvgIpc) is 2.96. The second-order valence-corrected chi connectivity index (χ2v) is 5.44. The van der Waals surface area contributed by atoms with Crippen molar-refractivity contribution >= 4 is 21.8 Å². The minimum Gasteiger partial charge on any atom is -0.454 e. The van der Waals surface area contributed by atoms with Crippen molar-refractivity contribution in [1.82, 2.24) is 5.16 Å². The average molecular weight is 325 g/mol. The Balaban J connectivity index is 2.29. The Morgan fingerprint density at radius 3 is 2.74 bits per heavy atom. The number of nitrogens with zero attached hydrogens (tertiary/aromatic N) is 1. The van der Waals surface area contributed by atoms with Gasteiger partial charge in [-0.1, -0.05) is 19.0 Å². The van der Waals surface area contributed by atoms with Crippen LogP contribution in [-0.2, 0) is 0 Å². The van der Waals surface area contributed by atoms with Crippen LogP contribution >= 0.6 is 15.9 Å². The lowest BCUT2D eigenvalue weighted by Crippen LogP contribution is -1.97. The first-order valence-electron chi connectivity index (χ1n) is 5.92. The quantitative estimate of drug-likeness (QED) is 0.914. The molecular formula is C13H13BrN2O3. The number of ether oxygens (including phenoxy) is 2. The molecule has 2 aromatic rings. The van der Waals surface area contributed by atoms with Gasteiger partial charge in [-0.3, -0.25) is 0 Å². The van der Waals surface area contributed by atoms with Gasteiger partial charge in [0.1, 0.15) is 0 Å². The molecule has 0 saturated heterocycles. The van der Waals surface area contributed by atoms with E-state index in [1.54, 1.807) is 6.20 Å². The monoisotopic (exact) mass is 324 g/mol. The summed E-state index contributed by atoms with van der Waals surface area (Å²) in [5, 5.41) is 3.73. The van der Waals surface area contributed by atoms with E-state index in [4.69, 9.17) is 19.7 Å². The summed E-state index contributed by atoms with van der Waals surface area (Å²) in [5.74, 6) is 2.02. The molecule has 6 heteroatoms. The summed E-state index contributed by atoms with van der Waals surface area (Å²) in [4.78, 5) is 0. The van der Waals surface area contributed by atoms with E-state index < -0.39 is 0 Å². The van der Waals surface area contributed by atoms with Crippen molar-refractivity contribution < 1.29 is 14.0 Å². The van der Waals surface area contributed by atoms with Gasteiger partial charge in [-0.25, -0.2) is 0 Å². The van der Waals surface area contributed by atoms with Gasteiger partial charge >= 0.3 is 0 Å². The fourth-order valence-electron chi connectivity index (χ4n) is 2.25. The van der Waals surface area contributed by atoms with Gasteiger partial charge in [-0.15, -0.1) is 0 Å². The third-order valence-electron chi connectivity index (χ3n) is 3.11. The van der Waals surface area contributed by atoms with Crippen molar-refractivity contribution in [3.63, 3.8) is 0 Å². The second kappa shape index (κ2) is 4.45. The first-order chi connectivity index (χ1) is 9.09. The summed E-state index contributed by atoms with van der Waals surface area (Å²) in [6, 6.07) is 1.92. The lowest BCUT2D eigenvalue weighted by Gasteiger charge is -2.16. The number of nitrogen functional groups attached to an aromatic ring is 1. The molecule has 1 aromatic carbocycles. The maximum absolute atomic E-state index is 5.82. The number of rotatable bonds is 2. The van der Waals surface area contributed by atoms with Gasteiger partial charge in [-0.2, -0.15) is 0 Å². The molecule has 0 atom stereocenters. The van der Waals surface area contributed by atoms with E-state index in [0.29, 0.717) is 11.6 Å². The molecule has 0 aliphatic carbocycles. The Hall–Kier alpha value is -1.69. The molecule has 0 fully saturated rings. The van der Waals surface area contributed by atoms with Crippen LogP contribution in [0.15, 0.2) is 21.3 Å². The summed E-state index contributed by atoms with van der Waals surface area (Å²) in [6.45, 7) is 4.44. The third-order valence-corrected chi connectivity index (χ3v) is 3.90. The van der Waals surface area contributed by atoms with Crippen LogP contribution in [0.5, 0.6) is 11.5 Å². The molecule has 0 spiro atoms. The number of anilines is 1. The van der Waals surface area contributed by atoms with Gasteiger partial charge in [0, 0.05) is 0 Å². The molecule has 0 saturated carbocycles. The number of hydrogen-bond acceptors (Lipinski definition) is 5. The van der Waals surface area contributed by atoms with Gasteiger partial charge in [0.2, 0.25) is 12.7 Å². The minimum absolute atomic E-state index is 0.230. The SMILES string of the molecule is CC(C)c1c(-c2cnoc2N)cc2c(c1Br)OCO2. The van der Waals surface area contributed by atoms with Crippen LogP contribution in [0.3, 0.4) is 0 Å². The van der Waals surface area contributed by atoms with E-state index in [9.17, 15) is 0 Å². The zero-order valence-corrected chi connectivity index (χ0v) is 12.2. The zero-order chi connectivity index (χ0) is 13.6. The molecule has 3 rings (SSSR count). The summed E-state index contributed by atoms with van der Waals surface area (Å²) in [5.41, 5.74) is 8.63. The second-order valence-electron chi connectivity index (χ2n) is 4.64. The van der Waals surface area contributed by atoms with Crippen LogP contribution in [0.25, 0.3) is 11.1 Å². The van der Waals surface area contributed by atoms with E-state index >= 15 is 0 Å². The first kappa shape index (κ1) is 12.3. The zero-order valence-electron chi connectivity index (χ0n) is 10.6. The molecule has 0 amide bonds. The number of aromatic nitrogens is 1. The predicted octanol–water partition coefficient (Wildman–Crippen LogP) is 3.54. The van der Waals surface area contributed by atoms with Gasteiger partial charge in [0.05, 0.1) is 16.2 Å². The van der Waals surface area contributed by atoms with Crippen molar-refractivity contribution in [1.29, 1.82) is 0 Å². The Kier molecular flexibility index (Phi) is 2.89. The molecule has 0 radical (unpaired) electrons. The van der Waals surface area contributed by atoms with E-state index in [1.807, 2.05) is 6.07 Å². The van der Waals surface area contributed by atoms with Crippen LogP contribution in [0.2, 0.25) is 0 Å². The molecule has 5 nitrogen and oxygen atoms in total. The van der Waals surface area contributed by atoms with E-state index in [0.717, 1.165) is 26.9 Å². The van der Waals surface area contributed by atoms with Gasteiger partial charge in [0.25, 0.3) is 0 Å². The standard InChI is InChI=1S/C13H13BrN2O3/c1-6(2)10-7(8-4-16-19-13(8)15)3-9-12(11(10)14)18-5-17-9/h3-4,6H,5,15H2,1-2H3. The molecule has 0 unspecified atom stereocenters. The lowest BCUT2D eigenvalue weighted by molar-refractivity contribution is 0.173. The highest BCUT2D eigenvalue weighted by Crippen LogP contribution is 2.48. The van der Waals surface area contributed by atoms with Crippen molar-refractivity contribution in [3.05, 3.63) is 22.3 Å². The van der Waals surface area contributed by atoms with Crippen LogP contribution in [-0.4, -0.2) is 11.9 Å². The Bertz CT molecular complexity index is 637. The van der Waals surface area contributed by atoms with Crippen LogP contribution in [0.1, 0.15) is 25.3 Å². The molecular weight excluding hydrogens is 312 g/mol. The molecule has 1 aliphatic heterocycles. The van der Waals surface area contributed by atoms with Crippen LogP contribution in [0.4, 0.5) is 5.88 Å². The first-order valence-corrected chi connectivity index (χ1v) is 6.71. The molecule has 1 aliphatic rings. The van der Waals surface area contributed by atoms with Crippen LogP contribution in [0, 0.1) is 0 Å². The van der Waals surface area contributed by atoms with Crippen molar-refractivity contribution in [2.24, 2.45) is 0 Å². The summed E-state index contributed by atoms with van der Waals surface area (Å²) in [6.07, 6.45) is 1.62. The van der Waals surface area contributed by atoms with Crippen LogP contribution < -0.4 is 15.2 Å². The largest absolute Gasteiger partial charge is 0.454 e. The van der Waals surface area contributed by atoms with Gasteiger partial charge in [0.15, 0.2) is 11.5 Å². The number of halogens is 1. The minimum atomic E-state index is 0.230. The molecule has 2 N–H and O–H groups in total. The maximum Gasteiger partial charge on any atom is 0.231 e. The smallest absolute Gasteiger partial charge is 0.231 e. The van der Waals surface area contributed by atoms with Crippen molar-refractivity contribution in [2.75, 3.05) is 12.5 Å². The highest BCUT2D eigenvalue weighted by atomic mass is 79.9. The van der Waals surface area contributed by atoms with E-state index in [2.05, 4.69) is 34.9 Å². The molecule has 1 aromatic heterocycles. The van der Waals surface area contributed by atoms with Crippen molar-refractivity contribution in [3.8, 4) is 22.6 Å². The van der Waals surface area contributed by atoms with Gasteiger partial charge < -0.3 is 19.7 Å². The number of fused-ring (bicyclic) bond motifs is 1. The Morgan fingerprint density at radius 2 is 2.11 bits per heavy atom. The highest BCUT2D eigenvalue weighted by molar-refractivity contribution is 9.10. The summed E-state index contributed by atoms with van der Waals surface area (Å²) < 4.78 is 16.8. The van der Waals surface area contributed by atoms with E-state index in [-0.39, 0.29) is 12.7 Å². The fraction of sp³-hybridized carbons (Fsp3) is 0.308. The lowest BCUT2D eigenvalue weighted by atomic mass is 9.93. The Morgan fingerprint density at radius 1 is 1.32 bits per heavy atom. The number of nitrogens with two attached hydrogens (primary N) is 1. The summed E-state index contributed by atoms with van der Waals surface area (Å²) in [7, 11) is 0. The third kappa shape index (κ3) is 1.87. The predicted molar refractivity (Wildman–Crippen MR) is 74.3 cm³/mol. The number of benzene rings is 1. The molecule has 19 heavy (non-hydrogen) atoms. The molecule has 2 heterocycles. The van der Waals surface area contributed by atoms with Gasteiger partial charge in [-0.05, 0) is 39.0 Å². The Labute approximate surface area is 118 Å². The molecule has 100 valence electrons. The number of hydrogen-bond donors (Lipinski definition) is 1. The van der Waals surface area contributed by atoms with Crippen molar-refractivity contribution in [2.45, 2.75) is 19.8 Å². The molecule has 0 bridgehead atoms. The normalized spacial score (nSPS) is 13.3. The fourth-order valence-corrected chi connectivity index (χ4v) is 3.24. The maximum atomic E-state index is 5.82. The topological polar surface area (TPSA) is 70.5 Å². The van der Waals surface area contributed by atoms with E-state index in [1.165, 1.54) is 0 Å². The summed E-state index contributed by atoms with van der Waals surface area (Å²) >= 11 is 3.60.